The summed E-state index contributed by atoms with van der Waals surface area (Å²) in [6.45, 7) is 9.15. The summed E-state index contributed by atoms with van der Waals surface area (Å²) in [6, 6.07) is 0. The van der Waals surface area contributed by atoms with Crippen LogP contribution in [0.4, 0.5) is 5.00 Å². The quantitative estimate of drug-likeness (QED) is 0.551. The average molecular weight is 380 g/mol. The molecule has 0 atom stereocenters. The van der Waals surface area contributed by atoms with Crippen LogP contribution in [0.3, 0.4) is 0 Å². The van der Waals surface area contributed by atoms with Gasteiger partial charge in [-0.3, -0.25) is 9.69 Å². The highest BCUT2D eigenvalue weighted by Crippen LogP contribution is 2.34. The van der Waals surface area contributed by atoms with E-state index in [1.165, 1.54) is 6.08 Å². The Kier molecular flexibility index (Phi) is 7.35. The Morgan fingerprint density at radius 1 is 1.23 bits per heavy atom. The maximum absolute atomic E-state index is 12.3. The predicted octanol–water partition coefficient (Wildman–Crippen LogP) is 2.61. The van der Waals surface area contributed by atoms with Gasteiger partial charge in [-0.2, -0.15) is 0 Å². The number of hydrogen-bond acceptors (Lipinski definition) is 7. The van der Waals surface area contributed by atoms with E-state index in [9.17, 15) is 14.4 Å². The number of thiophene rings is 1. The SMILES string of the molecule is C=CCOC(=O)c1sc(NC(=O)CN2CCCC2)c(C(=O)OCC)c1C. The van der Waals surface area contributed by atoms with Crippen molar-refractivity contribution >= 4 is 34.2 Å². The molecular weight excluding hydrogens is 356 g/mol. The van der Waals surface area contributed by atoms with Gasteiger partial charge in [0.2, 0.25) is 5.91 Å². The number of likely N-dealkylation sites (tertiary alicyclic amines) is 1. The van der Waals surface area contributed by atoms with Gasteiger partial charge in [0, 0.05) is 0 Å². The summed E-state index contributed by atoms with van der Waals surface area (Å²) >= 11 is 1.02. The van der Waals surface area contributed by atoms with E-state index in [0.29, 0.717) is 10.6 Å². The lowest BCUT2D eigenvalue weighted by Gasteiger charge is -2.14. The van der Waals surface area contributed by atoms with Gasteiger partial charge < -0.3 is 14.8 Å². The minimum absolute atomic E-state index is 0.0710. The number of carbonyl (C=O) groups excluding carboxylic acids is 3. The molecule has 0 aliphatic carbocycles. The third kappa shape index (κ3) is 4.92. The van der Waals surface area contributed by atoms with Crippen LogP contribution in [0.5, 0.6) is 0 Å². The highest BCUT2D eigenvalue weighted by molar-refractivity contribution is 7.18. The maximum Gasteiger partial charge on any atom is 0.348 e. The van der Waals surface area contributed by atoms with Gasteiger partial charge in [-0.1, -0.05) is 12.7 Å². The molecule has 26 heavy (non-hydrogen) atoms. The van der Waals surface area contributed by atoms with Crippen molar-refractivity contribution in [1.29, 1.82) is 0 Å². The smallest absolute Gasteiger partial charge is 0.348 e. The third-order valence-electron chi connectivity index (χ3n) is 3.96. The molecule has 0 unspecified atom stereocenters. The lowest BCUT2D eigenvalue weighted by atomic mass is 10.1. The van der Waals surface area contributed by atoms with Crippen LogP contribution < -0.4 is 5.32 Å². The first kappa shape index (κ1) is 20.1. The Morgan fingerprint density at radius 3 is 2.54 bits per heavy atom. The Bertz CT molecular complexity index is 692. The highest BCUT2D eigenvalue weighted by atomic mass is 32.1. The number of carbonyl (C=O) groups is 3. The van der Waals surface area contributed by atoms with Crippen molar-refractivity contribution in [2.45, 2.75) is 26.7 Å². The van der Waals surface area contributed by atoms with Gasteiger partial charge in [-0.05, 0) is 45.3 Å². The molecule has 0 saturated carbocycles. The monoisotopic (exact) mass is 380 g/mol. The number of nitrogens with one attached hydrogen (secondary N) is 1. The van der Waals surface area contributed by atoms with Gasteiger partial charge in [0.05, 0.1) is 18.7 Å². The normalized spacial score (nSPS) is 14.1. The second kappa shape index (κ2) is 9.49. The summed E-state index contributed by atoms with van der Waals surface area (Å²) in [5.74, 6) is -1.34. The molecule has 2 heterocycles. The van der Waals surface area contributed by atoms with Crippen LogP contribution in [0.25, 0.3) is 0 Å². The van der Waals surface area contributed by atoms with Gasteiger partial charge >= 0.3 is 11.9 Å². The zero-order chi connectivity index (χ0) is 19.1. The third-order valence-corrected chi connectivity index (χ3v) is 5.15. The first-order valence-electron chi connectivity index (χ1n) is 8.58. The van der Waals surface area contributed by atoms with Crippen molar-refractivity contribution in [3.8, 4) is 0 Å². The van der Waals surface area contributed by atoms with Crippen molar-refractivity contribution in [3.05, 3.63) is 28.7 Å². The van der Waals surface area contributed by atoms with Crippen molar-refractivity contribution in [3.63, 3.8) is 0 Å². The molecule has 0 radical (unpaired) electrons. The number of esters is 2. The Morgan fingerprint density at radius 2 is 1.92 bits per heavy atom. The van der Waals surface area contributed by atoms with Crippen molar-refractivity contribution in [1.82, 2.24) is 4.90 Å². The number of amides is 1. The molecule has 1 aromatic heterocycles. The summed E-state index contributed by atoms with van der Waals surface area (Å²) in [4.78, 5) is 39.2. The molecule has 2 rings (SSSR count). The zero-order valence-electron chi connectivity index (χ0n) is 15.1. The molecule has 1 aliphatic rings. The number of nitrogens with zero attached hydrogens (tertiary/aromatic N) is 1. The minimum atomic E-state index is -0.569. The van der Waals surface area contributed by atoms with E-state index in [0.717, 1.165) is 37.3 Å². The molecule has 1 saturated heterocycles. The topological polar surface area (TPSA) is 84.9 Å². The lowest BCUT2D eigenvalue weighted by Crippen LogP contribution is -2.31. The first-order chi connectivity index (χ1) is 12.5. The zero-order valence-corrected chi connectivity index (χ0v) is 15.9. The molecule has 8 heteroatoms. The molecule has 142 valence electrons. The molecular formula is C18H24N2O5S. The fourth-order valence-corrected chi connectivity index (χ4v) is 3.86. The number of hydrogen-bond donors (Lipinski definition) is 1. The minimum Gasteiger partial charge on any atom is -0.462 e. The van der Waals surface area contributed by atoms with Gasteiger partial charge in [-0.15, -0.1) is 11.3 Å². The Hall–Kier alpha value is -2.19. The number of anilines is 1. The number of rotatable bonds is 8. The molecule has 0 aromatic carbocycles. The summed E-state index contributed by atoms with van der Waals surface area (Å²) in [7, 11) is 0. The first-order valence-corrected chi connectivity index (χ1v) is 9.40. The van der Waals surface area contributed by atoms with Crippen LogP contribution in [-0.2, 0) is 14.3 Å². The van der Waals surface area contributed by atoms with Crippen molar-refractivity contribution in [2.24, 2.45) is 0 Å². The largest absolute Gasteiger partial charge is 0.462 e. The van der Waals surface area contributed by atoms with Crippen LogP contribution in [0.2, 0.25) is 0 Å². The van der Waals surface area contributed by atoms with E-state index in [-0.39, 0.29) is 36.1 Å². The van der Waals surface area contributed by atoms with Crippen LogP contribution in [0.1, 0.15) is 45.4 Å². The second-order valence-electron chi connectivity index (χ2n) is 5.90. The molecule has 1 N–H and O–H groups in total. The number of ether oxygens (including phenoxy) is 2. The Balaban J connectivity index is 2.23. The van der Waals surface area contributed by atoms with Gasteiger partial charge in [0.1, 0.15) is 16.5 Å². The van der Waals surface area contributed by atoms with Crippen molar-refractivity contribution < 1.29 is 23.9 Å². The average Bonchev–Trinajstić information content (AvgIpc) is 3.20. The Labute approximate surface area is 157 Å². The van der Waals surface area contributed by atoms with Gasteiger partial charge in [-0.25, -0.2) is 9.59 Å². The van der Waals surface area contributed by atoms with Gasteiger partial charge in [0.15, 0.2) is 0 Å². The molecule has 7 nitrogen and oxygen atoms in total. The molecule has 1 fully saturated rings. The summed E-state index contributed by atoms with van der Waals surface area (Å²) in [5, 5.41) is 3.07. The van der Waals surface area contributed by atoms with E-state index in [4.69, 9.17) is 9.47 Å². The van der Waals surface area contributed by atoms with Crippen molar-refractivity contribution in [2.75, 3.05) is 38.2 Å². The van der Waals surface area contributed by atoms with Crippen LogP contribution in [0, 0.1) is 6.92 Å². The summed E-state index contributed by atoms with van der Waals surface area (Å²) < 4.78 is 10.1. The van der Waals surface area contributed by atoms with E-state index < -0.39 is 11.9 Å². The van der Waals surface area contributed by atoms with Crippen LogP contribution in [0.15, 0.2) is 12.7 Å². The van der Waals surface area contributed by atoms with E-state index in [2.05, 4.69) is 16.8 Å². The van der Waals surface area contributed by atoms with E-state index >= 15 is 0 Å². The lowest BCUT2D eigenvalue weighted by molar-refractivity contribution is -0.117. The second-order valence-corrected chi connectivity index (χ2v) is 6.92. The fourth-order valence-electron chi connectivity index (χ4n) is 2.76. The maximum atomic E-state index is 12.3. The van der Waals surface area contributed by atoms with Crippen LogP contribution >= 0.6 is 11.3 Å². The van der Waals surface area contributed by atoms with E-state index in [1.807, 2.05) is 0 Å². The predicted molar refractivity (Wildman–Crippen MR) is 99.8 cm³/mol. The molecule has 1 aromatic rings. The van der Waals surface area contributed by atoms with Gasteiger partial charge in [0.25, 0.3) is 0 Å². The molecule has 0 spiro atoms. The summed E-state index contributed by atoms with van der Waals surface area (Å²) in [6.07, 6.45) is 3.63. The van der Waals surface area contributed by atoms with E-state index in [1.54, 1.807) is 13.8 Å². The molecule has 0 bridgehead atoms. The van der Waals surface area contributed by atoms with Crippen LogP contribution in [-0.4, -0.2) is 55.6 Å². The highest BCUT2D eigenvalue weighted by Gasteiger charge is 2.27. The molecule has 1 aliphatic heterocycles. The fraction of sp³-hybridized carbons (Fsp3) is 0.500. The molecule has 1 amide bonds. The standard InChI is InChI=1S/C18H24N2O5S/c1-4-10-25-18(23)15-12(3)14(17(22)24-5-2)16(26-15)19-13(21)11-20-8-6-7-9-20/h4H,1,5-11H2,2-3H3,(H,19,21). The summed E-state index contributed by atoms with van der Waals surface area (Å²) in [5.41, 5.74) is 0.649.